The van der Waals surface area contributed by atoms with Gasteiger partial charge in [-0.25, -0.2) is 4.98 Å². The van der Waals surface area contributed by atoms with Crippen molar-refractivity contribution in [1.82, 2.24) is 9.97 Å². The Balaban J connectivity index is 1.65. The fraction of sp³-hybridized carbons (Fsp3) is 0.150. The van der Waals surface area contributed by atoms with E-state index in [1.54, 1.807) is 55.0 Å². The monoisotopic (exact) mass is 366 g/mol. The summed E-state index contributed by atoms with van der Waals surface area (Å²) >= 11 is 5.86. The minimum atomic E-state index is -0.182. The molecule has 0 spiro atoms. The molecule has 1 N–H and O–H groups in total. The van der Waals surface area contributed by atoms with E-state index in [0.717, 1.165) is 18.8 Å². The fourth-order valence-electron chi connectivity index (χ4n) is 2.47. The van der Waals surface area contributed by atoms with E-state index < -0.39 is 0 Å². The molecule has 0 unspecified atom stereocenters. The lowest BCUT2D eigenvalue weighted by atomic mass is 10.2. The lowest BCUT2D eigenvalue weighted by Gasteiger charge is -2.18. The molecule has 0 atom stereocenters. The van der Waals surface area contributed by atoms with Gasteiger partial charge in [0.1, 0.15) is 5.82 Å². The van der Waals surface area contributed by atoms with Crippen LogP contribution in [0.5, 0.6) is 0 Å². The summed E-state index contributed by atoms with van der Waals surface area (Å²) in [4.78, 5) is 22.9. The molecule has 1 amide bonds. The Kier molecular flexibility index (Phi) is 5.81. The van der Waals surface area contributed by atoms with Gasteiger partial charge in [0.15, 0.2) is 0 Å². The van der Waals surface area contributed by atoms with Gasteiger partial charge in [-0.2, -0.15) is 0 Å². The van der Waals surface area contributed by atoms with Crippen molar-refractivity contribution in [3.05, 3.63) is 83.3 Å². The van der Waals surface area contributed by atoms with Crippen LogP contribution in [0.4, 0.5) is 11.5 Å². The Morgan fingerprint density at radius 3 is 2.54 bits per heavy atom. The molecule has 0 aliphatic carbocycles. The Hall–Kier alpha value is -2.92. The molecule has 0 radical (unpaired) electrons. The van der Waals surface area contributed by atoms with E-state index in [-0.39, 0.29) is 5.91 Å². The first kappa shape index (κ1) is 17.9. The smallest absolute Gasteiger partial charge is 0.255 e. The number of likely N-dealkylation sites (N-methyl/N-ethyl adjacent to an activating group) is 1. The van der Waals surface area contributed by atoms with E-state index in [1.807, 2.05) is 24.1 Å². The zero-order chi connectivity index (χ0) is 18.4. The molecule has 0 fully saturated rings. The third kappa shape index (κ3) is 4.80. The molecular formula is C20H19ClN4O. The Morgan fingerprint density at radius 1 is 1.08 bits per heavy atom. The molecule has 26 heavy (non-hydrogen) atoms. The zero-order valence-corrected chi connectivity index (χ0v) is 15.1. The number of pyridine rings is 2. The van der Waals surface area contributed by atoms with Crippen LogP contribution in [0.1, 0.15) is 15.9 Å². The quantitative estimate of drug-likeness (QED) is 0.714. The molecule has 5 nitrogen and oxygen atoms in total. The van der Waals surface area contributed by atoms with Crippen molar-refractivity contribution in [2.24, 2.45) is 0 Å². The average Bonchev–Trinajstić information content (AvgIpc) is 2.69. The standard InChI is InChI=1S/C20H19ClN4O/c1-25(13-9-15-6-10-22-11-7-15)19-14-16(8-12-23-19)20(26)24-18-4-2-17(21)3-5-18/h2-8,10-12,14H,9,13H2,1H3,(H,24,26). The molecule has 0 bridgehead atoms. The summed E-state index contributed by atoms with van der Waals surface area (Å²) < 4.78 is 0. The van der Waals surface area contributed by atoms with Gasteiger partial charge < -0.3 is 10.2 Å². The normalized spacial score (nSPS) is 10.4. The van der Waals surface area contributed by atoms with Crippen molar-refractivity contribution < 1.29 is 4.79 Å². The second-order valence-corrected chi connectivity index (χ2v) is 6.33. The van der Waals surface area contributed by atoms with Gasteiger partial charge in [-0.3, -0.25) is 9.78 Å². The summed E-state index contributed by atoms with van der Waals surface area (Å²) in [5, 5.41) is 3.49. The van der Waals surface area contributed by atoms with E-state index in [1.165, 1.54) is 5.56 Å². The molecule has 3 rings (SSSR count). The predicted octanol–water partition coefficient (Wildman–Crippen LogP) is 4.06. The van der Waals surface area contributed by atoms with Gasteiger partial charge >= 0.3 is 0 Å². The Labute approximate surface area is 157 Å². The van der Waals surface area contributed by atoms with Gasteiger partial charge in [0.05, 0.1) is 0 Å². The summed E-state index contributed by atoms with van der Waals surface area (Å²) in [5.41, 5.74) is 2.47. The fourth-order valence-corrected chi connectivity index (χ4v) is 2.59. The Morgan fingerprint density at radius 2 is 1.81 bits per heavy atom. The molecule has 2 heterocycles. The second kappa shape index (κ2) is 8.45. The summed E-state index contributed by atoms with van der Waals surface area (Å²) in [5.74, 6) is 0.571. The van der Waals surface area contributed by atoms with Gasteiger partial charge in [-0.05, 0) is 60.5 Å². The predicted molar refractivity (Wildman–Crippen MR) is 105 cm³/mol. The number of rotatable bonds is 6. The molecule has 3 aromatic rings. The number of aromatic nitrogens is 2. The van der Waals surface area contributed by atoms with E-state index in [0.29, 0.717) is 16.3 Å². The van der Waals surface area contributed by atoms with Gasteiger partial charge in [0, 0.05) is 48.5 Å². The van der Waals surface area contributed by atoms with Crippen LogP contribution in [-0.4, -0.2) is 29.5 Å². The highest BCUT2D eigenvalue weighted by atomic mass is 35.5. The first-order chi connectivity index (χ1) is 12.6. The number of carbonyl (C=O) groups excluding carboxylic acids is 1. The van der Waals surface area contributed by atoms with Crippen molar-refractivity contribution in [2.75, 3.05) is 23.8 Å². The van der Waals surface area contributed by atoms with Crippen molar-refractivity contribution in [3.63, 3.8) is 0 Å². The molecule has 1 aromatic carbocycles. The van der Waals surface area contributed by atoms with Gasteiger partial charge in [-0.15, -0.1) is 0 Å². The molecule has 0 aliphatic rings. The SMILES string of the molecule is CN(CCc1ccncc1)c1cc(C(=O)Nc2ccc(Cl)cc2)ccn1. The van der Waals surface area contributed by atoms with Crippen LogP contribution >= 0.6 is 11.6 Å². The molecule has 0 saturated carbocycles. The van der Waals surface area contributed by atoms with Gasteiger partial charge in [0.25, 0.3) is 5.91 Å². The van der Waals surface area contributed by atoms with Crippen LogP contribution in [0, 0.1) is 0 Å². The van der Waals surface area contributed by atoms with E-state index in [9.17, 15) is 4.79 Å². The van der Waals surface area contributed by atoms with Crippen LogP contribution in [0.2, 0.25) is 5.02 Å². The van der Waals surface area contributed by atoms with Crippen LogP contribution in [-0.2, 0) is 6.42 Å². The minimum Gasteiger partial charge on any atom is -0.359 e. The van der Waals surface area contributed by atoms with Crippen molar-refractivity contribution in [1.29, 1.82) is 0 Å². The maximum atomic E-state index is 12.5. The number of nitrogens with one attached hydrogen (secondary N) is 1. The summed E-state index contributed by atoms with van der Waals surface area (Å²) in [7, 11) is 1.96. The zero-order valence-electron chi connectivity index (χ0n) is 14.4. The number of nitrogens with zero attached hydrogens (tertiary/aromatic N) is 3. The molecular weight excluding hydrogens is 348 g/mol. The summed E-state index contributed by atoms with van der Waals surface area (Å²) in [6.07, 6.45) is 6.10. The highest BCUT2D eigenvalue weighted by Crippen LogP contribution is 2.16. The number of halogens is 1. The number of hydrogen-bond acceptors (Lipinski definition) is 4. The molecule has 132 valence electrons. The summed E-state index contributed by atoms with van der Waals surface area (Å²) in [6.45, 7) is 0.791. The third-order valence-electron chi connectivity index (χ3n) is 3.99. The first-order valence-corrected chi connectivity index (χ1v) is 8.62. The lowest BCUT2D eigenvalue weighted by Crippen LogP contribution is -2.22. The van der Waals surface area contributed by atoms with Crippen LogP contribution < -0.4 is 10.2 Å². The highest BCUT2D eigenvalue weighted by molar-refractivity contribution is 6.30. The second-order valence-electron chi connectivity index (χ2n) is 5.89. The largest absolute Gasteiger partial charge is 0.359 e. The number of anilines is 2. The van der Waals surface area contributed by atoms with E-state index >= 15 is 0 Å². The topological polar surface area (TPSA) is 58.1 Å². The molecule has 2 aromatic heterocycles. The maximum Gasteiger partial charge on any atom is 0.255 e. The van der Waals surface area contributed by atoms with Crippen LogP contribution in [0.15, 0.2) is 67.1 Å². The molecule has 0 saturated heterocycles. The van der Waals surface area contributed by atoms with Crippen molar-refractivity contribution in [2.45, 2.75) is 6.42 Å². The van der Waals surface area contributed by atoms with Crippen molar-refractivity contribution in [3.8, 4) is 0 Å². The number of hydrogen-bond donors (Lipinski definition) is 1. The number of carbonyl (C=O) groups is 1. The first-order valence-electron chi connectivity index (χ1n) is 8.25. The Bertz CT molecular complexity index is 868. The van der Waals surface area contributed by atoms with Gasteiger partial charge in [0.2, 0.25) is 0 Å². The number of amides is 1. The van der Waals surface area contributed by atoms with Crippen LogP contribution in [0.3, 0.4) is 0 Å². The molecule has 0 aliphatic heterocycles. The average molecular weight is 367 g/mol. The minimum absolute atomic E-state index is 0.182. The molecule has 6 heteroatoms. The van der Waals surface area contributed by atoms with Gasteiger partial charge in [-0.1, -0.05) is 11.6 Å². The third-order valence-corrected chi connectivity index (χ3v) is 4.24. The van der Waals surface area contributed by atoms with E-state index in [4.69, 9.17) is 11.6 Å². The summed E-state index contributed by atoms with van der Waals surface area (Å²) in [6, 6.07) is 14.5. The number of benzene rings is 1. The maximum absolute atomic E-state index is 12.5. The highest BCUT2D eigenvalue weighted by Gasteiger charge is 2.10. The van der Waals surface area contributed by atoms with Crippen molar-refractivity contribution >= 4 is 29.0 Å². The lowest BCUT2D eigenvalue weighted by molar-refractivity contribution is 0.102. The van der Waals surface area contributed by atoms with E-state index in [2.05, 4.69) is 15.3 Å². The van der Waals surface area contributed by atoms with Crippen LogP contribution in [0.25, 0.3) is 0 Å².